The Bertz CT molecular complexity index is 338. The van der Waals surface area contributed by atoms with Crippen LogP contribution in [0.4, 0.5) is 0 Å². The molecule has 2 heterocycles. The zero-order chi connectivity index (χ0) is 11.4. The van der Waals surface area contributed by atoms with Crippen molar-refractivity contribution in [3.63, 3.8) is 0 Å². The predicted octanol–water partition coefficient (Wildman–Crippen LogP) is 1.43. The summed E-state index contributed by atoms with van der Waals surface area (Å²) in [5.41, 5.74) is 2.64. The van der Waals surface area contributed by atoms with Gasteiger partial charge in [-0.2, -0.15) is 0 Å². The molecule has 1 N–H and O–H groups in total. The van der Waals surface area contributed by atoms with Crippen LogP contribution < -0.4 is 5.32 Å². The summed E-state index contributed by atoms with van der Waals surface area (Å²) >= 11 is 0. The Hall–Kier alpha value is -0.930. The molecule has 1 saturated heterocycles. The lowest BCUT2D eigenvalue weighted by Crippen LogP contribution is -2.25. The van der Waals surface area contributed by atoms with E-state index in [-0.39, 0.29) is 0 Å². The van der Waals surface area contributed by atoms with Gasteiger partial charge < -0.3 is 10.2 Å². The zero-order valence-corrected chi connectivity index (χ0v) is 10.2. The molecule has 0 saturated carbocycles. The summed E-state index contributed by atoms with van der Waals surface area (Å²) in [5.74, 6) is 0.821. The average Bonchev–Trinajstić information content (AvgIpc) is 2.67. The van der Waals surface area contributed by atoms with Gasteiger partial charge in [0.05, 0.1) is 0 Å². The molecule has 3 heteroatoms. The van der Waals surface area contributed by atoms with E-state index < -0.39 is 0 Å². The number of pyridine rings is 1. The third kappa shape index (κ3) is 3.03. The van der Waals surface area contributed by atoms with Gasteiger partial charge in [-0.25, -0.2) is 0 Å². The lowest BCUT2D eigenvalue weighted by molar-refractivity contribution is 0.388. The smallest absolute Gasteiger partial charge is 0.0315 e. The van der Waals surface area contributed by atoms with Crippen LogP contribution in [0, 0.1) is 12.8 Å². The van der Waals surface area contributed by atoms with Gasteiger partial charge in [0.25, 0.3) is 0 Å². The molecule has 16 heavy (non-hydrogen) atoms. The highest BCUT2D eigenvalue weighted by atomic mass is 15.1. The Morgan fingerprint density at radius 3 is 3.12 bits per heavy atom. The summed E-state index contributed by atoms with van der Waals surface area (Å²) in [7, 11) is 2.20. The topological polar surface area (TPSA) is 28.2 Å². The van der Waals surface area contributed by atoms with Crippen LogP contribution in [0.3, 0.4) is 0 Å². The molecule has 0 bridgehead atoms. The summed E-state index contributed by atoms with van der Waals surface area (Å²) in [4.78, 5) is 6.56. The van der Waals surface area contributed by atoms with Gasteiger partial charge in [0.2, 0.25) is 0 Å². The quantitative estimate of drug-likeness (QED) is 0.830. The first-order chi connectivity index (χ1) is 7.75. The maximum atomic E-state index is 4.16. The summed E-state index contributed by atoms with van der Waals surface area (Å²) in [6, 6.07) is 2.07. The Morgan fingerprint density at radius 2 is 2.44 bits per heavy atom. The molecule has 1 unspecified atom stereocenters. The second-order valence-electron chi connectivity index (χ2n) is 4.85. The summed E-state index contributed by atoms with van der Waals surface area (Å²) in [6.07, 6.45) is 5.14. The summed E-state index contributed by atoms with van der Waals surface area (Å²) in [5, 5.41) is 3.54. The third-order valence-electron chi connectivity index (χ3n) is 3.38. The van der Waals surface area contributed by atoms with E-state index in [0.29, 0.717) is 0 Å². The molecule has 1 aromatic rings. The second kappa shape index (κ2) is 5.41. The fourth-order valence-electron chi connectivity index (χ4n) is 2.29. The van der Waals surface area contributed by atoms with Crippen LogP contribution >= 0.6 is 0 Å². The van der Waals surface area contributed by atoms with Gasteiger partial charge in [0.15, 0.2) is 0 Å². The lowest BCUT2D eigenvalue weighted by Gasteiger charge is -2.12. The molecule has 3 nitrogen and oxygen atoms in total. The van der Waals surface area contributed by atoms with Crippen LogP contribution in [-0.2, 0) is 6.54 Å². The molecule has 1 fully saturated rings. The van der Waals surface area contributed by atoms with Gasteiger partial charge in [0.1, 0.15) is 0 Å². The SMILES string of the molecule is Cc1ccncc1CNCC1CCN(C)C1. The fraction of sp³-hybridized carbons (Fsp3) is 0.615. The molecule has 1 aromatic heterocycles. The van der Waals surface area contributed by atoms with Crippen LogP contribution in [0.2, 0.25) is 0 Å². The summed E-state index contributed by atoms with van der Waals surface area (Å²) < 4.78 is 0. The van der Waals surface area contributed by atoms with Gasteiger partial charge in [0, 0.05) is 25.5 Å². The Labute approximate surface area is 97.9 Å². The molecule has 0 spiro atoms. The van der Waals surface area contributed by atoms with Crippen molar-refractivity contribution in [1.82, 2.24) is 15.2 Å². The number of hydrogen-bond donors (Lipinski definition) is 1. The molecular formula is C13H21N3. The fourth-order valence-corrected chi connectivity index (χ4v) is 2.29. The molecular weight excluding hydrogens is 198 g/mol. The first kappa shape index (κ1) is 11.6. The van der Waals surface area contributed by atoms with E-state index in [2.05, 4.69) is 35.2 Å². The molecule has 0 radical (unpaired) electrons. The number of likely N-dealkylation sites (tertiary alicyclic amines) is 1. The molecule has 1 aliphatic heterocycles. The number of hydrogen-bond acceptors (Lipinski definition) is 3. The molecule has 88 valence electrons. The normalized spacial score (nSPS) is 21.5. The van der Waals surface area contributed by atoms with Crippen molar-refractivity contribution in [2.75, 3.05) is 26.7 Å². The van der Waals surface area contributed by atoms with E-state index in [4.69, 9.17) is 0 Å². The number of rotatable bonds is 4. The van der Waals surface area contributed by atoms with Crippen molar-refractivity contribution in [1.29, 1.82) is 0 Å². The number of nitrogens with one attached hydrogen (secondary N) is 1. The van der Waals surface area contributed by atoms with Gasteiger partial charge in [-0.15, -0.1) is 0 Å². The Morgan fingerprint density at radius 1 is 1.56 bits per heavy atom. The zero-order valence-electron chi connectivity index (χ0n) is 10.2. The maximum absolute atomic E-state index is 4.16. The summed E-state index contributed by atoms with van der Waals surface area (Å²) in [6.45, 7) is 6.69. The highest BCUT2D eigenvalue weighted by Gasteiger charge is 2.18. The maximum Gasteiger partial charge on any atom is 0.0315 e. The van der Waals surface area contributed by atoms with Crippen molar-refractivity contribution in [3.8, 4) is 0 Å². The minimum Gasteiger partial charge on any atom is -0.312 e. The Kier molecular flexibility index (Phi) is 3.91. The second-order valence-corrected chi connectivity index (χ2v) is 4.85. The highest BCUT2D eigenvalue weighted by Crippen LogP contribution is 2.13. The van der Waals surface area contributed by atoms with Crippen LogP contribution in [-0.4, -0.2) is 36.6 Å². The largest absolute Gasteiger partial charge is 0.312 e. The van der Waals surface area contributed by atoms with Crippen LogP contribution in [0.25, 0.3) is 0 Å². The van der Waals surface area contributed by atoms with Crippen molar-refractivity contribution in [3.05, 3.63) is 29.6 Å². The minimum absolute atomic E-state index is 0.821. The molecule has 2 rings (SSSR count). The Balaban J connectivity index is 1.74. The van der Waals surface area contributed by atoms with E-state index in [1.807, 2.05) is 12.4 Å². The minimum atomic E-state index is 0.821. The van der Waals surface area contributed by atoms with Gasteiger partial charge in [-0.3, -0.25) is 4.98 Å². The van der Waals surface area contributed by atoms with Gasteiger partial charge >= 0.3 is 0 Å². The number of aryl methyl sites for hydroxylation is 1. The van der Waals surface area contributed by atoms with Crippen LogP contribution in [0.5, 0.6) is 0 Å². The average molecular weight is 219 g/mol. The van der Waals surface area contributed by atoms with Crippen LogP contribution in [0.15, 0.2) is 18.5 Å². The molecule has 0 amide bonds. The van der Waals surface area contributed by atoms with E-state index in [0.717, 1.165) is 19.0 Å². The van der Waals surface area contributed by atoms with E-state index in [9.17, 15) is 0 Å². The van der Waals surface area contributed by atoms with Crippen molar-refractivity contribution < 1.29 is 0 Å². The van der Waals surface area contributed by atoms with Gasteiger partial charge in [-0.1, -0.05) is 0 Å². The molecule has 1 aliphatic rings. The molecule has 0 aromatic carbocycles. The van der Waals surface area contributed by atoms with Crippen LogP contribution in [0.1, 0.15) is 17.5 Å². The molecule has 0 aliphatic carbocycles. The molecule has 1 atom stereocenters. The van der Waals surface area contributed by atoms with Gasteiger partial charge in [-0.05, 0) is 56.6 Å². The number of aromatic nitrogens is 1. The van der Waals surface area contributed by atoms with E-state index >= 15 is 0 Å². The first-order valence-electron chi connectivity index (χ1n) is 6.04. The third-order valence-corrected chi connectivity index (χ3v) is 3.38. The van der Waals surface area contributed by atoms with E-state index in [1.165, 1.54) is 30.6 Å². The first-order valence-corrected chi connectivity index (χ1v) is 6.04. The monoisotopic (exact) mass is 219 g/mol. The highest BCUT2D eigenvalue weighted by molar-refractivity contribution is 5.20. The lowest BCUT2D eigenvalue weighted by atomic mass is 10.1. The van der Waals surface area contributed by atoms with Crippen molar-refractivity contribution in [2.45, 2.75) is 19.9 Å². The van der Waals surface area contributed by atoms with E-state index in [1.54, 1.807) is 0 Å². The van der Waals surface area contributed by atoms with Crippen molar-refractivity contribution >= 4 is 0 Å². The number of nitrogens with zero attached hydrogens (tertiary/aromatic N) is 2. The van der Waals surface area contributed by atoms with Crippen molar-refractivity contribution in [2.24, 2.45) is 5.92 Å². The standard InChI is InChI=1S/C13H21N3/c1-11-3-5-14-8-13(11)9-15-7-12-4-6-16(2)10-12/h3,5,8,12,15H,4,6-7,9-10H2,1-2H3. The predicted molar refractivity (Wildman–Crippen MR) is 66.3 cm³/mol.